The molecule has 0 spiro atoms. The first kappa shape index (κ1) is 21.6. The van der Waals surface area contributed by atoms with Crippen molar-refractivity contribution in [3.8, 4) is 0 Å². The largest absolute Gasteiger partial charge is 0.469 e. The minimum absolute atomic E-state index is 0.0198. The molecule has 4 heteroatoms. The average Bonchev–Trinajstić information content (AvgIpc) is 3.06. The second-order valence-electron chi connectivity index (χ2n) is 11.5. The molecule has 0 aliphatic heterocycles. The van der Waals surface area contributed by atoms with Gasteiger partial charge in [0.15, 0.2) is 0 Å². The molecule has 2 N–H and O–H groups in total. The number of ether oxygens (including phenoxy) is 1. The number of methoxy groups -OCH3 is 1. The topological polar surface area (TPSA) is 66.8 Å². The molecule has 0 heterocycles. The molecule has 4 nitrogen and oxygen atoms in total. The van der Waals surface area contributed by atoms with Crippen LogP contribution in [-0.4, -0.2) is 35.5 Å². The summed E-state index contributed by atoms with van der Waals surface area (Å²) in [7, 11) is 1.46. The van der Waals surface area contributed by atoms with Gasteiger partial charge < -0.3 is 14.9 Å². The van der Waals surface area contributed by atoms with Crippen LogP contribution in [0.15, 0.2) is 0 Å². The van der Waals surface area contributed by atoms with Crippen molar-refractivity contribution in [2.75, 3.05) is 7.11 Å². The van der Waals surface area contributed by atoms with Gasteiger partial charge in [0, 0.05) is 6.42 Å². The summed E-state index contributed by atoms with van der Waals surface area (Å²) in [6.45, 7) is 7.12. The van der Waals surface area contributed by atoms with Gasteiger partial charge in [-0.1, -0.05) is 20.8 Å². The smallest absolute Gasteiger partial charge is 0.305 e. The summed E-state index contributed by atoms with van der Waals surface area (Å²) in [6, 6.07) is 0. The number of hydrogen-bond acceptors (Lipinski definition) is 4. The fourth-order valence-electron chi connectivity index (χ4n) is 8.81. The minimum Gasteiger partial charge on any atom is -0.469 e. The van der Waals surface area contributed by atoms with Crippen molar-refractivity contribution in [3.63, 3.8) is 0 Å². The van der Waals surface area contributed by atoms with E-state index in [2.05, 4.69) is 20.8 Å². The summed E-state index contributed by atoms with van der Waals surface area (Å²) in [5.74, 6) is 3.36. The second kappa shape index (κ2) is 7.82. The fourth-order valence-corrected chi connectivity index (χ4v) is 8.81. The van der Waals surface area contributed by atoms with E-state index < -0.39 is 0 Å². The van der Waals surface area contributed by atoms with Crippen molar-refractivity contribution in [2.45, 2.75) is 97.2 Å². The lowest BCUT2D eigenvalue weighted by Crippen LogP contribution is -2.58. The quantitative estimate of drug-likeness (QED) is 0.671. The van der Waals surface area contributed by atoms with Crippen molar-refractivity contribution >= 4 is 5.97 Å². The summed E-state index contributed by atoms with van der Waals surface area (Å²) in [6.07, 6.45) is 9.86. The maximum absolute atomic E-state index is 11.6. The zero-order valence-corrected chi connectivity index (χ0v) is 18.9. The Hall–Kier alpha value is -0.610. The van der Waals surface area contributed by atoms with Crippen LogP contribution in [0.3, 0.4) is 0 Å². The van der Waals surface area contributed by atoms with Gasteiger partial charge in [0.25, 0.3) is 0 Å². The minimum atomic E-state index is -0.246. The van der Waals surface area contributed by atoms with Crippen LogP contribution in [-0.2, 0) is 9.53 Å². The second-order valence-corrected chi connectivity index (χ2v) is 11.5. The van der Waals surface area contributed by atoms with Gasteiger partial charge in [0.2, 0.25) is 0 Å². The molecule has 0 amide bonds. The van der Waals surface area contributed by atoms with Crippen molar-refractivity contribution < 1.29 is 19.7 Å². The third-order valence-electron chi connectivity index (χ3n) is 10.5. The Bertz CT molecular complexity index is 620. The first-order valence-corrected chi connectivity index (χ1v) is 12.1. The molecule has 0 saturated heterocycles. The highest BCUT2D eigenvalue weighted by molar-refractivity contribution is 5.69. The van der Waals surface area contributed by atoms with Crippen LogP contribution in [0, 0.1) is 46.3 Å². The summed E-state index contributed by atoms with van der Waals surface area (Å²) in [5.41, 5.74) is 0.271. The molecule has 10 atom stereocenters. The Morgan fingerprint density at radius 3 is 2.55 bits per heavy atom. The van der Waals surface area contributed by atoms with Crippen LogP contribution in [0.4, 0.5) is 0 Å². The highest BCUT2D eigenvalue weighted by atomic mass is 16.5. The molecule has 29 heavy (non-hydrogen) atoms. The van der Waals surface area contributed by atoms with Crippen molar-refractivity contribution in [1.29, 1.82) is 0 Å². The van der Waals surface area contributed by atoms with Crippen LogP contribution in [0.5, 0.6) is 0 Å². The molecule has 4 saturated carbocycles. The van der Waals surface area contributed by atoms with E-state index in [-0.39, 0.29) is 23.6 Å². The summed E-state index contributed by atoms with van der Waals surface area (Å²) in [4.78, 5) is 11.6. The Morgan fingerprint density at radius 2 is 1.83 bits per heavy atom. The third kappa shape index (κ3) is 3.37. The third-order valence-corrected chi connectivity index (χ3v) is 10.5. The lowest BCUT2D eigenvalue weighted by atomic mass is 9.43. The molecule has 6 unspecified atom stereocenters. The molecule has 166 valence electrons. The van der Waals surface area contributed by atoms with Crippen LogP contribution in [0.25, 0.3) is 0 Å². The van der Waals surface area contributed by atoms with Gasteiger partial charge in [-0.15, -0.1) is 0 Å². The van der Waals surface area contributed by atoms with Crippen LogP contribution < -0.4 is 0 Å². The van der Waals surface area contributed by atoms with E-state index in [1.165, 1.54) is 32.8 Å². The zero-order valence-electron chi connectivity index (χ0n) is 18.9. The summed E-state index contributed by atoms with van der Waals surface area (Å²) in [5, 5.41) is 21.8. The maximum atomic E-state index is 11.6. The summed E-state index contributed by atoms with van der Waals surface area (Å²) >= 11 is 0. The molecule has 4 rings (SSSR count). The lowest BCUT2D eigenvalue weighted by Gasteiger charge is -2.62. The summed E-state index contributed by atoms with van der Waals surface area (Å²) < 4.78 is 4.85. The monoisotopic (exact) mass is 406 g/mol. The van der Waals surface area contributed by atoms with Gasteiger partial charge in [-0.25, -0.2) is 0 Å². The highest BCUT2D eigenvalue weighted by Crippen LogP contribution is 2.68. The van der Waals surface area contributed by atoms with E-state index in [0.29, 0.717) is 41.4 Å². The van der Waals surface area contributed by atoms with Gasteiger partial charge in [-0.05, 0) is 104 Å². The molecule has 4 fully saturated rings. The molecular formula is C25H42O4. The SMILES string of the molecule is COC(=O)CCC(C)C1CCC2C3CCC4C[C@H](O)CC[C@]4(C)C3C[C@H](O)[C@]12C. The Labute approximate surface area is 176 Å². The molecule has 4 aliphatic rings. The number of aliphatic hydroxyl groups excluding tert-OH is 2. The first-order valence-electron chi connectivity index (χ1n) is 12.1. The van der Waals surface area contributed by atoms with Crippen molar-refractivity contribution in [1.82, 2.24) is 0 Å². The molecule has 4 aliphatic carbocycles. The van der Waals surface area contributed by atoms with E-state index in [9.17, 15) is 15.0 Å². The van der Waals surface area contributed by atoms with E-state index >= 15 is 0 Å². The van der Waals surface area contributed by atoms with Gasteiger partial charge in [0.1, 0.15) is 0 Å². The lowest BCUT2D eigenvalue weighted by molar-refractivity contribution is -0.175. The fraction of sp³-hybridized carbons (Fsp3) is 0.960. The molecule has 0 aromatic heterocycles. The Balaban J connectivity index is 1.53. The van der Waals surface area contributed by atoms with Crippen LogP contribution in [0.1, 0.15) is 85.0 Å². The van der Waals surface area contributed by atoms with Crippen molar-refractivity contribution in [2.24, 2.45) is 46.3 Å². The highest BCUT2D eigenvalue weighted by Gasteiger charge is 2.63. The number of esters is 1. The van der Waals surface area contributed by atoms with Crippen LogP contribution >= 0.6 is 0 Å². The first-order chi connectivity index (χ1) is 13.7. The predicted molar refractivity (Wildman–Crippen MR) is 113 cm³/mol. The maximum Gasteiger partial charge on any atom is 0.305 e. The van der Waals surface area contributed by atoms with Gasteiger partial charge in [0.05, 0.1) is 19.3 Å². The number of aliphatic hydroxyl groups is 2. The van der Waals surface area contributed by atoms with Crippen molar-refractivity contribution in [3.05, 3.63) is 0 Å². The molecule has 0 bridgehead atoms. The Kier molecular flexibility index (Phi) is 5.83. The van der Waals surface area contributed by atoms with Gasteiger partial charge >= 0.3 is 5.97 Å². The molecule has 0 radical (unpaired) electrons. The Morgan fingerprint density at radius 1 is 1.07 bits per heavy atom. The predicted octanol–water partition coefficient (Wildman–Crippen LogP) is 4.57. The normalized spacial score (nSPS) is 50.2. The van der Waals surface area contributed by atoms with E-state index in [1.54, 1.807) is 0 Å². The number of carbonyl (C=O) groups is 1. The van der Waals surface area contributed by atoms with Gasteiger partial charge in [-0.2, -0.15) is 0 Å². The van der Waals surface area contributed by atoms with Crippen LogP contribution in [0.2, 0.25) is 0 Å². The molecule has 0 aromatic carbocycles. The van der Waals surface area contributed by atoms with E-state index in [4.69, 9.17) is 4.74 Å². The molecular weight excluding hydrogens is 364 g/mol. The standard InChI is InChI=1S/C25H42O4/c1-15(5-10-23(28)29-4)19-8-9-20-18-7-6-16-13-17(26)11-12-24(16,2)21(18)14-22(27)25(19,20)3/h15-22,26-27H,5-14H2,1-4H3/t15?,16?,17-,18?,19?,20?,21?,22+,24+,25-/m1/s1. The average molecular weight is 407 g/mol. The zero-order chi connectivity index (χ0) is 21.0. The number of rotatable bonds is 4. The van der Waals surface area contributed by atoms with E-state index in [0.717, 1.165) is 38.0 Å². The molecule has 0 aromatic rings. The van der Waals surface area contributed by atoms with Gasteiger partial charge in [-0.3, -0.25) is 4.79 Å². The van der Waals surface area contributed by atoms with E-state index in [1.807, 2.05) is 0 Å². The number of fused-ring (bicyclic) bond motifs is 5. The number of hydrogen-bond donors (Lipinski definition) is 2. The number of carbonyl (C=O) groups excluding carboxylic acids is 1.